The summed E-state index contributed by atoms with van der Waals surface area (Å²) in [6.45, 7) is 3.82. The van der Waals surface area contributed by atoms with Crippen molar-refractivity contribution in [3.8, 4) is 11.5 Å². The van der Waals surface area contributed by atoms with Crippen LogP contribution >= 0.6 is 0 Å². The normalized spacial score (nSPS) is 10.3. The molecule has 2 rings (SSSR count). The largest absolute Gasteiger partial charge is 0.493 e. The van der Waals surface area contributed by atoms with Crippen LogP contribution in [-0.4, -0.2) is 35.9 Å². The van der Waals surface area contributed by atoms with Crippen molar-refractivity contribution in [2.45, 2.75) is 19.9 Å². The van der Waals surface area contributed by atoms with Gasteiger partial charge in [0.1, 0.15) is 0 Å². The van der Waals surface area contributed by atoms with Crippen LogP contribution in [0.15, 0.2) is 36.7 Å². The number of amides is 1. The van der Waals surface area contributed by atoms with Gasteiger partial charge < -0.3 is 14.8 Å². The molecular formula is C16H21N3O3. The van der Waals surface area contributed by atoms with Crippen molar-refractivity contribution >= 4 is 5.91 Å². The zero-order valence-electron chi connectivity index (χ0n) is 12.9. The van der Waals surface area contributed by atoms with Crippen molar-refractivity contribution in [2.24, 2.45) is 0 Å². The van der Waals surface area contributed by atoms with Gasteiger partial charge in [0.2, 0.25) is 0 Å². The van der Waals surface area contributed by atoms with Crippen LogP contribution in [0.2, 0.25) is 0 Å². The van der Waals surface area contributed by atoms with E-state index in [1.807, 2.05) is 23.9 Å². The minimum absolute atomic E-state index is 0.123. The van der Waals surface area contributed by atoms with E-state index in [1.54, 1.807) is 31.5 Å². The van der Waals surface area contributed by atoms with E-state index in [-0.39, 0.29) is 5.91 Å². The van der Waals surface area contributed by atoms with Gasteiger partial charge in [-0.1, -0.05) is 0 Å². The second-order valence-electron chi connectivity index (χ2n) is 4.68. The van der Waals surface area contributed by atoms with Gasteiger partial charge in [0.25, 0.3) is 5.91 Å². The van der Waals surface area contributed by atoms with E-state index in [1.165, 1.54) is 0 Å². The SMILES string of the molecule is CCOc1ccc(C(=O)NCCCn2cccn2)cc1OC. The summed E-state index contributed by atoms with van der Waals surface area (Å²) in [5.41, 5.74) is 0.555. The van der Waals surface area contributed by atoms with Gasteiger partial charge in [0.05, 0.1) is 13.7 Å². The molecule has 0 radical (unpaired) electrons. The quantitative estimate of drug-likeness (QED) is 0.759. The lowest BCUT2D eigenvalue weighted by Gasteiger charge is -2.11. The Kier molecular flexibility index (Phi) is 5.82. The number of benzene rings is 1. The first kappa shape index (κ1) is 15.9. The molecule has 0 unspecified atom stereocenters. The minimum Gasteiger partial charge on any atom is -0.493 e. The molecule has 1 amide bonds. The molecule has 1 N–H and O–H groups in total. The van der Waals surface area contributed by atoms with Crippen LogP contribution in [0.25, 0.3) is 0 Å². The summed E-state index contributed by atoms with van der Waals surface area (Å²) in [7, 11) is 1.56. The molecule has 0 aliphatic rings. The molecular weight excluding hydrogens is 282 g/mol. The van der Waals surface area contributed by atoms with Crippen molar-refractivity contribution < 1.29 is 14.3 Å². The standard InChI is InChI=1S/C16H21N3O3/c1-3-22-14-7-6-13(12-15(14)21-2)16(20)17-8-4-10-19-11-5-9-18-19/h5-7,9,11-12H,3-4,8,10H2,1-2H3,(H,17,20). The molecule has 0 saturated heterocycles. The van der Waals surface area contributed by atoms with Crippen LogP contribution < -0.4 is 14.8 Å². The second-order valence-corrected chi connectivity index (χ2v) is 4.68. The average molecular weight is 303 g/mol. The number of rotatable bonds is 8. The van der Waals surface area contributed by atoms with Gasteiger partial charge in [-0.3, -0.25) is 9.48 Å². The molecule has 0 fully saturated rings. The van der Waals surface area contributed by atoms with Crippen LogP contribution in [0, 0.1) is 0 Å². The van der Waals surface area contributed by atoms with Crippen LogP contribution in [-0.2, 0) is 6.54 Å². The molecule has 6 nitrogen and oxygen atoms in total. The first-order valence-corrected chi connectivity index (χ1v) is 7.31. The highest BCUT2D eigenvalue weighted by Gasteiger charge is 2.10. The molecule has 0 saturated carbocycles. The number of carbonyl (C=O) groups is 1. The van der Waals surface area contributed by atoms with E-state index in [0.717, 1.165) is 13.0 Å². The summed E-state index contributed by atoms with van der Waals surface area (Å²) in [5.74, 6) is 1.08. The first-order chi connectivity index (χ1) is 10.7. The van der Waals surface area contributed by atoms with Crippen molar-refractivity contribution in [3.05, 3.63) is 42.2 Å². The summed E-state index contributed by atoms with van der Waals surface area (Å²) < 4.78 is 12.5. The Morgan fingerprint density at radius 2 is 2.23 bits per heavy atom. The fourth-order valence-corrected chi connectivity index (χ4v) is 2.06. The number of nitrogens with one attached hydrogen (secondary N) is 1. The Balaban J connectivity index is 1.86. The Bertz CT molecular complexity index is 597. The molecule has 0 atom stereocenters. The number of aromatic nitrogens is 2. The average Bonchev–Trinajstić information content (AvgIpc) is 3.05. The monoisotopic (exact) mass is 303 g/mol. The Labute approximate surface area is 130 Å². The third kappa shape index (κ3) is 4.25. The van der Waals surface area contributed by atoms with E-state index in [0.29, 0.717) is 30.2 Å². The molecule has 0 bridgehead atoms. The third-order valence-corrected chi connectivity index (χ3v) is 3.13. The van der Waals surface area contributed by atoms with Crippen LogP contribution in [0.3, 0.4) is 0 Å². The summed E-state index contributed by atoms with van der Waals surface area (Å²) in [5, 5.41) is 7.00. The van der Waals surface area contributed by atoms with E-state index in [4.69, 9.17) is 9.47 Å². The molecule has 1 heterocycles. The Morgan fingerprint density at radius 1 is 1.36 bits per heavy atom. The molecule has 0 aliphatic carbocycles. The van der Waals surface area contributed by atoms with E-state index < -0.39 is 0 Å². The van der Waals surface area contributed by atoms with E-state index >= 15 is 0 Å². The number of ether oxygens (including phenoxy) is 2. The molecule has 2 aromatic rings. The number of carbonyl (C=O) groups excluding carboxylic acids is 1. The molecule has 1 aromatic heterocycles. The second kappa shape index (κ2) is 8.07. The van der Waals surface area contributed by atoms with Gasteiger partial charge in [-0.25, -0.2) is 0 Å². The van der Waals surface area contributed by atoms with Crippen molar-refractivity contribution in [1.82, 2.24) is 15.1 Å². The van der Waals surface area contributed by atoms with Crippen molar-refractivity contribution in [2.75, 3.05) is 20.3 Å². The molecule has 118 valence electrons. The highest BCUT2D eigenvalue weighted by atomic mass is 16.5. The number of hydrogen-bond donors (Lipinski definition) is 1. The molecule has 1 aromatic carbocycles. The smallest absolute Gasteiger partial charge is 0.251 e. The number of methoxy groups -OCH3 is 1. The zero-order chi connectivity index (χ0) is 15.8. The van der Waals surface area contributed by atoms with Crippen LogP contribution in [0.5, 0.6) is 11.5 Å². The van der Waals surface area contributed by atoms with Gasteiger partial charge in [-0.05, 0) is 37.6 Å². The predicted octanol–water partition coefficient (Wildman–Crippen LogP) is 2.11. The highest BCUT2D eigenvalue weighted by molar-refractivity contribution is 5.94. The fraction of sp³-hybridized carbons (Fsp3) is 0.375. The number of nitrogens with zero attached hydrogens (tertiary/aromatic N) is 2. The van der Waals surface area contributed by atoms with Crippen LogP contribution in [0.1, 0.15) is 23.7 Å². The molecule has 0 spiro atoms. The van der Waals surface area contributed by atoms with Gasteiger partial charge in [0, 0.05) is 31.0 Å². The lowest BCUT2D eigenvalue weighted by atomic mass is 10.2. The van der Waals surface area contributed by atoms with E-state index in [9.17, 15) is 4.79 Å². The number of aryl methyl sites for hydroxylation is 1. The molecule has 22 heavy (non-hydrogen) atoms. The summed E-state index contributed by atoms with van der Waals surface area (Å²) >= 11 is 0. The third-order valence-electron chi connectivity index (χ3n) is 3.13. The summed E-state index contributed by atoms with van der Waals surface area (Å²) in [6, 6.07) is 7.05. The lowest BCUT2D eigenvalue weighted by Crippen LogP contribution is -2.25. The van der Waals surface area contributed by atoms with Crippen molar-refractivity contribution in [1.29, 1.82) is 0 Å². The number of hydrogen-bond acceptors (Lipinski definition) is 4. The first-order valence-electron chi connectivity index (χ1n) is 7.31. The zero-order valence-corrected chi connectivity index (χ0v) is 12.9. The Morgan fingerprint density at radius 3 is 2.91 bits per heavy atom. The molecule has 6 heteroatoms. The van der Waals surface area contributed by atoms with Crippen LogP contribution in [0.4, 0.5) is 0 Å². The summed E-state index contributed by atoms with van der Waals surface area (Å²) in [6.07, 6.45) is 4.46. The topological polar surface area (TPSA) is 65.4 Å². The van der Waals surface area contributed by atoms with E-state index in [2.05, 4.69) is 10.4 Å². The van der Waals surface area contributed by atoms with Gasteiger partial charge in [0.15, 0.2) is 11.5 Å². The maximum Gasteiger partial charge on any atom is 0.251 e. The maximum atomic E-state index is 12.1. The fourth-order valence-electron chi connectivity index (χ4n) is 2.06. The minimum atomic E-state index is -0.123. The molecule has 0 aliphatic heterocycles. The van der Waals surface area contributed by atoms with Gasteiger partial charge in [-0.2, -0.15) is 5.10 Å². The Hall–Kier alpha value is -2.50. The van der Waals surface area contributed by atoms with Crippen molar-refractivity contribution in [3.63, 3.8) is 0 Å². The van der Waals surface area contributed by atoms with Gasteiger partial charge >= 0.3 is 0 Å². The predicted molar refractivity (Wildman–Crippen MR) is 83.3 cm³/mol. The van der Waals surface area contributed by atoms with Gasteiger partial charge in [-0.15, -0.1) is 0 Å². The highest BCUT2D eigenvalue weighted by Crippen LogP contribution is 2.27. The summed E-state index contributed by atoms with van der Waals surface area (Å²) in [4.78, 5) is 12.1. The lowest BCUT2D eigenvalue weighted by molar-refractivity contribution is 0.0952. The maximum absolute atomic E-state index is 12.1.